The Kier molecular flexibility index (Phi) is 4.89. The van der Waals surface area contributed by atoms with Crippen molar-refractivity contribution in [2.75, 3.05) is 6.54 Å². The molecular weight excluding hydrogens is 342 g/mol. The number of benzene rings is 1. The predicted molar refractivity (Wildman–Crippen MR) is 82.0 cm³/mol. The number of aliphatic hydroxyl groups excluding tert-OH is 1. The van der Waals surface area contributed by atoms with Gasteiger partial charge in [0.15, 0.2) is 0 Å². The third kappa shape index (κ3) is 2.79. The second-order valence-electron chi connectivity index (χ2n) is 5.20. The number of sulfonamides is 1. The summed E-state index contributed by atoms with van der Waals surface area (Å²) >= 11 is 3.38. The first-order valence-electron chi connectivity index (χ1n) is 6.83. The van der Waals surface area contributed by atoms with Crippen LogP contribution in [0.15, 0.2) is 21.5 Å². The van der Waals surface area contributed by atoms with E-state index in [1.165, 1.54) is 0 Å². The van der Waals surface area contributed by atoms with Crippen LogP contribution in [0.2, 0.25) is 0 Å². The van der Waals surface area contributed by atoms with Crippen LogP contribution in [-0.2, 0) is 16.6 Å². The molecule has 1 fully saturated rings. The lowest BCUT2D eigenvalue weighted by Crippen LogP contribution is -2.35. The Morgan fingerprint density at radius 2 is 2.15 bits per heavy atom. The maximum absolute atomic E-state index is 12.9. The van der Waals surface area contributed by atoms with Crippen molar-refractivity contribution < 1.29 is 13.5 Å². The van der Waals surface area contributed by atoms with E-state index in [0.29, 0.717) is 16.6 Å². The second-order valence-corrected chi connectivity index (χ2v) is 7.85. The molecule has 0 bridgehead atoms. The number of hydrogen-bond acceptors (Lipinski definition) is 3. The smallest absolute Gasteiger partial charge is 0.244 e. The molecule has 1 heterocycles. The van der Waals surface area contributed by atoms with Crippen molar-refractivity contribution in [1.82, 2.24) is 4.31 Å². The van der Waals surface area contributed by atoms with Crippen LogP contribution >= 0.6 is 15.9 Å². The molecule has 0 saturated carbocycles. The van der Waals surface area contributed by atoms with Gasteiger partial charge in [0.05, 0.1) is 11.5 Å². The fourth-order valence-electron chi connectivity index (χ4n) is 2.75. The molecule has 0 radical (unpaired) electrons. The van der Waals surface area contributed by atoms with E-state index in [9.17, 15) is 13.5 Å². The van der Waals surface area contributed by atoms with Gasteiger partial charge in [-0.2, -0.15) is 4.31 Å². The molecule has 1 aromatic carbocycles. The lowest BCUT2D eigenvalue weighted by molar-refractivity contribution is 0.281. The second kappa shape index (κ2) is 6.13. The summed E-state index contributed by atoms with van der Waals surface area (Å²) in [5.74, 6) is 0. The molecule has 20 heavy (non-hydrogen) atoms. The molecule has 1 aliphatic rings. The van der Waals surface area contributed by atoms with Crippen molar-refractivity contribution >= 4 is 26.0 Å². The SMILES string of the molecule is CCC1CCCN1S(=O)(=O)c1cc(CO)cc(C)c1Br. The van der Waals surface area contributed by atoms with Gasteiger partial charge in [0.1, 0.15) is 0 Å². The Morgan fingerprint density at radius 3 is 2.75 bits per heavy atom. The first-order chi connectivity index (χ1) is 9.41. The summed E-state index contributed by atoms with van der Waals surface area (Å²) in [5, 5.41) is 9.28. The van der Waals surface area contributed by atoms with Crippen molar-refractivity contribution in [2.24, 2.45) is 0 Å². The number of halogens is 1. The normalized spacial score (nSPS) is 20.5. The quantitative estimate of drug-likeness (QED) is 0.896. The fourth-order valence-corrected chi connectivity index (χ4v) is 5.55. The maximum Gasteiger partial charge on any atom is 0.244 e. The molecule has 1 aliphatic heterocycles. The molecule has 4 nitrogen and oxygen atoms in total. The van der Waals surface area contributed by atoms with Gasteiger partial charge in [-0.25, -0.2) is 8.42 Å². The zero-order chi connectivity index (χ0) is 14.9. The van der Waals surface area contributed by atoms with Gasteiger partial charge < -0.3 is 5.11 Å². The molecule has 0 aromatic heterocycles. The topological polar surface area (TPSA) is 57.6 Å². The van der Waals surface area contributed by atoms with E-state index in [1.54, 1.807) is 16.4 Å². The van der Waals surface area contributed by atoms with Crippen LogP contribution in [0, 0.1) is 6.92 Å². The van der Waals surface area contributed by atoms with Crippen molar-refractivity contribution in [1.29, 1.82) is 0 Å². The molecule has 2 rings (SSSR count). The zero-order valence-corrected chi connectivity index (χ0v) is 14.2. The van der Waals surface area contributed by atoms with Gasteiger partial charge in [0.2, 0.25) is 10.0 Å². The number of nitrogens with zero attached hydrogens (tertiary/aromatic N) is 1. The third-order valence-corrected chi connectivity index (χ3v) is 7.14. The highest BCUT2D eigenvalue weighted by molar-refractivity contribution is 9.10. The van der Waals surface area contributed by atoms with Crippen LogP contribution in [0.3, 0.4) is 0 Å². The summed E-state index contributed by atoms with van der Waals surface area (Å²) in [4.78, 5) is 0.266. The van der Waals surface area contributed by atoms with E-state index in [0.717, 1.165) is 24.8 Å². The highest BCUT2D eigenvalue weighted by atomic mass is 79.9. The molecule has 0 aliphatic carbocycles. The fraction of sp³-hybridized carbons (Fsp3) is 0.571. The van der Waals surface area contributed by atoms with Gasteiger partial charge in [0.25, 0.3) is 0 Å². The van der Waals surface area contributed by atoms with Crippen molar-refractivity contribution in [3.63, 3.8) is 0 Å². The molecule has 1 atom stereocenters. The van der Waals surface area contributed by atoms with E-state index in [1.807, 2.05) is 13.8 Å². The number of rotatable bonds is 4. The lowest BCUT2D eigenvalue weighted by Gasteiger charge is -2.24. The van der Waals surface area contributed by atoms with Crippen LogP contribution in [0.5, 0.6) is 0 Å². The highest BCUT2D eigenvalue weighted by Gasteiger charge is 2.35. The zero-order valence-electron chi connectivity index (χ0n) is 11.8. The molecule has 0 amide bonds. The van der Waals surface area contributed by atoms with E-state index >= 15 is 0 Å². The summed E-state index contributed by atoms with van der Waals surface area (Å²) in [7, 11) is -3.51. The minimum atomic E-state index is -3.51. The molecule has 1 unspecified atom stereocenters. The van der Waals surface area contributed by atoms with Crippen LogP contribution in [-0.4, -0.2) is 30.4 Å². The van der Waals surface area contributed by atoms with Gasteiger partial charge in [-0.15, -0.1) is 0 Å². The average Bonchev–Trinajstić information content (AvgIpc) is 2.90. The van der Waals surface area contributed by atoms with Crippen LogP contribution in [0.25, 0.3) is 0 Å². The van der Waals surface area contributed by atoms with Crippen LogP contribution in [0.4, 0.5) is 0 Å². The van der Waals surface area contributed by atoms with Crippen LogP contribution in [0.1, 0.15) is 37.3 Å². The minimum Gasteiger partial charge on any atom is -0.392 e. The van der Waals surface area contributed by atoms with Crippen molar-refractivity contribution in [2.45, 2.75) is 50.7 Å². The van der Waals surface area contributed by atoms with Gasteiger partial charge >= 0.3 is 0 Å². The predicted octanol–water partition coefficient (Wildman–Crippen LogP) is 2.81. The summed E-state index contributed by atoms with van der Waals surface area (Å²) in [5.41, 5.74) is 1.44. The first kappa shape index (κ1) is 15.9. The lowest BCUT2D eigenvalue weighted by atomic mass is 10.1. The summed E-state index contributed by atoms with van der Waals surface area (Å²) in [6.45, 7) is 4.27. The summed E-state index contributed by atoms with van der Waals surface area (Å²) in [6.07, 6.45) is 2.66. The van der Waals surface area contributed by atoms with E-state index < -0.39 is 10.0 Å². The molecule has 0 spiro atoms. The molecule has 112 valence electrons. The number of hydrogen-bond donors (Lipinski definition) is 1. The highest BCUT2D eigenvalue weighted by Crippen LogP contribution is 2.33. The molecule has 1 aromatic rings. The Balaban J connectivity index is 2.51. The molecule has 6 heteroatoms. The van der Waals surface area contributed by atoms with E-state index in [4.69, 9.17) is 0 Å². The molecule has 1 saturated heterocycles. The first-order valence-corrected chi connectivity index (χ1v) is 9.06. The Hall–Kier alpha value is -0.430. The third-order valence-electron chi connectivity index (χ3n) is 3.84. The van der Waals surface area contributed by atoms with Crippen molar-refractivity contribution in [3.8, 4) is 0 Å². The minimum absolute atomic E-state index is 0.0880. The Labute approximate surface area is 129 Å². The maximum atomic E-state index is 12.9. The van der Waals surface area contributed by atoms with Crippen LogP contribution < -0.4 is 0 Å². The number of aliphatic hydroxyl groups is 1. The van der Waals surface area contributed by atoms with Crippen molar-refractivity contribution in [3.05, 3.63) is 27.7 Å². The van der Waals surface area contributed by atoms with E-state index in [2.05, 4.69) is 15.9 Å². The molecule has 1 N–H and O–H groups in total. The van der Waals surface area contributed by atoms with E-state index in [-0.39, 0.29) is 17.5 Å². The van der Waals surface area contributed by atoms with Gasteiger partial charge in [-0.05, 0) is 59.3 Å². The monoisotopic (exact) mass is 361 g/mol. The summed E-state index contributed by atoms with van der Waals surface area (Å²) in [6, 6.07) is 3.45. The summed E-state index contributed by atoms with van der Waals surface area (Å²) < 4.78 is 27.9. The Morgan fingerprint density at radius 1 is 1.45 bits per heavy atom. The number of aryl methyl sites for hydroxylation is 1. The molecular formula is C14H20BrNO3S. The largest absolute Gasteiger partial charge is 0.392 e. The average molecular weight is 362 g/mol. The Bertz CT molecular complexity index is 601. The standard InChI is InChI=1S/C14H20BrNO3S/c1-3-12-5-4-6-16(12)20(18,19)13-8-11(9-17)7-10(2)14(13)15/h7-8,12,17H,3-6,9H2,1-2H3. The van der Waals surface area contributed by atoms with Gasteiger partial charge in [0, 0.05) is 17.1 Å². The van der Waals surface area contributed by atoms with Gasteiger partial charge in [-0.3, -0.25) is 0 Å². The van der Waals surface area contributed by atoms with Gasteiger partial charge in [-0.1, -0.05) is 13.0 Å².